The van der Waals surface area contributed by atoms with Crippen LogP contribution in [0, 0.1) is 10.1 Å². The molecule has 0 aliphatic carbocycles. The van der Waals surface area contributed by atoms with Gasteiger partial charge in [-0.25, -0.2) is 0 Å². The van der Waals surface area contributed by atoms with Gasteiger partial charge < -0.3 is 4.98 Å². The number of hydrogen-bond donors (Lipinski definition) is 1. The van der Waals surface area contributed by atoms with Gasteiger partial charge in [-0.3, -0.25) is 10.1 Å². The van der Waals surface area contributed by atoms with Crippen molar-refractivity contribution >= 4 is 22.5 Å². The van der Waals surface area contributed by atoms with Crippen molar-refractivity contribution in [2.45, 2.75) is 5.92 Å². The Morgan fingerprint density at radius 1 is 1.10 bits per heavy atom. The van der Waals surface area contributed by atoms with Crippen molar-refractivity contribution in [2.75, 3.05) is 6.54 Å². The summed E-state index contributed by atoms with van der Waals surface area (Å²) < 4.78 is 0. The summed E-state index contributed by atoms with van der Waals surface area (Å²) in [6.45, 7) is -0.189. The zero-order valence-corrected chi connectivity index (χ0v) is 11.9. The van der Waals surface area contributed by atoms with Gasteiger partial charge in [-0.15, -0.1) is 0 Å². The smallest absolute Gasteiger partial charge is 0.214 e. The van der Waals surface area contributed by atoms with Crippen molar-refractivity contribution in [3.05, 3.63) is 81.0 Å². The summed E-state index contributed by atoms with van der Waals surface area (Å²) in [5.41, 5.74) is 2.64. The third-order valence-corrected chi connectivity index (χ3v) is 3.95. The Kier molecular flexibility index (Phi) is 3.62. The van der Waals surface area contributed by atoms with Crippen LogP contribution in [-0.2, 0) is 0 Å². The van der Waals surface area contributed by atoms with Crippen LogP contribution in [0.25, 0.3) is 10.9 Å². The fraction of sp³-hybridized carbons (Fsp3) is 0.125. The molecule has 0 unspecified atom stereocenters. The first-order chi connectivity index (χ1) is 10.2. The molecule has 1 aromatic heterocycles. The van der Waals surface area contributed by atoms with Crippen LogP contribution in [0.15, 0.2) is 54.7 Å². The van der Waals surface area contributed by atoms with E-state index in [2.05, 4.69) is 4.98 Å². The monoisotopic (exact) mass is 300 g/mol. The van der Waals surface area contributed by atoms with Crippen molar-refractivity contribution in [2.24, 2.45) is 0 Å². The highest BCUT2D eigenvalue weighted by atomic mass is 35.5. The first kappa shape index (κ1) is 13.6. The predicted molar refractivity (Wildman–Crippen MR) is 83.5 cm³/mol. The lowest BCUT2D eigenvalue weighted by Gasteiger charge is -2.14. The molecule has 1 N–H and O–H groups in total. The topological polar surface area (TPSA) is 58.9 Å². The quantitative estimate of drug-likeness (QED) is 0.579. The number of halogens is 1. The van der Waals surface area contributed by atoms with Crippen LogP contribution in [0.1, 0.15) is 17.0 Å². The number of aromatic amines is 1. The van der Waals surface area contributed by atoms with E-state index in [1.807, 2.05) is 48.7 Å². The first-order valence-corrected chi connectivity index (χ1v) is 6.97. The van der Waals surface area contributed by atoms with E-state index in [0.717, 1.165) is 22.0 Å². The molecule has 0 aliphatic heterocycles. The lowest BCUT2D eigenvalue weighted by Crippen LogP contribution is -2.14. The molecule has 21 heavy (non-hydrogen) atoms. The Morgan fingerprint density at radius 3 is 2.57 bits per heavy atom. The van der Waals surface area contributed by atoms with Gasteiger partial charge in [0.2, 0.25) is 6.54 Å². The lowest BCUT2D eigenvalue weighted by molar-refractivity contribution is -0.481. The Morgan fingerprint density at radius 2 is 1.81 bits per heavy atom. The maximum Gasteiger partial charge on any atom is 0.214 e. The van der Waals surface area contributed by atoms with E-state index in [-0.39, 0.29) is 17.4 Å². The maximum absolute atomic E-state index is 11.1. The molecule has 0 saturated heterocycles. The number of nitrogens with zero attached hydrogens (tertiary/aromatic N) is 1. The molecule has 0 saturated carbocycles. The van der Waals surface area contributed by atoms with Crippen LogP contribution < -0.4 is 0 Å². The Labute approximate surface area is 126 Å². The van der Waals surface area contributed by atoms with Gasteiger partial charge in [0.05, 0.1) is 5.92 Å². The second kappa shape index (κ2) is 5.58. The molecule has 1 heterocycles. The Balaban J connectivity index is 2.16. The van der Waals surface area contributed by atoms with Crippen molar-refractivity contribution in [1.82, 2.24) is 4.98 Å². The third kappa shape index (κ3) is 2.62. The number of rotatable bonds is 4. The number of aromatic nitrogens is 1. The number of nitrogens with one attached hydrogen (secondary N) is 1. The summed E-state index contributed by atoms with van der Waals surface area (Å²) in [5, 5.41) is 12.6. The number of para-hydroxylation sites is 1. The fourth-order valence-corrected chi connectivity index (χ4v) is 2.92. The molecule has 0 bridgehead atoms. The molecule has 2 aromatic carbocycles. The van der Waals surface area contributed by atoms with E-state index >= 15 is 0 Å². The van der Waals surface area contributed by atoms with Gasteiger partial charge in [0.1, 0.15) is 0 Å². The second-order valence-corrected chi connectivity index (χ2v) is 5.29. The number of fused-ring (bicyclic) bond motifs is 1. The van der Waals surface area contributed by atoms with E-state index in [0.29, 0.717) is 5.02 Å². The van der Waals surface area contributed by atoms with Gasteiger partial charge >= 0.3 is 0 Å². The zero-order valence-electron chi connectivity index (χ0n) is 11.1. The first-order valence-electron chi connectivity index (χ1n) is 6.59. The third-order valence-electron chi connectivity index (χ3n) is 3.61. The molecule has 0 radical (unpaired) electrons. The summed E-state index contributed by atoms with van der Waals surface area (Å²) in [6.07, 6.45) is 1.84. The van der Waals surface area contributed by atoms with Gasteiger partial charge in [0.25, 0.3) is 0 Å². The van der Waals surface area contributed by atoms with Gasteiger partial charge in [-0.05, 0) is 23.3 Å². The van der Waals surface area contributed by atoms with Crippen molar-refractivity contribution in [3.63, 3.8) is 0 Å². The average Bonchev–Trinajstić information content (AvgIpc) is 2.89. The standard InChI is InChI=1S/C16H13ClN2O2/c17-15-7-3-1-5-11(15)14(10-19(20)21)13-9-18-16-8-4-2-6-12(13)16/h1-9,14,18H,10H2/t14-/m1/s1. The lowest BCUT2D eigenvalue weighted by atomic mass is 9.91. The molecule has 0 fully saturated rings. The summed E-state index contributed by atoms with van der Waals surface area (Å²) in [5.74, 6) is -0.371. The van der Waals surface area contributed by atoms with Crippen LogP contribution in [0.4, 0.5) is 0 Å². The molecule has 106 valence electrons. The Hall–Kier alpha value is -2.33. The minimum Gasteiger partial charge on any atom is -0.361 e. The minimum atomic E-state index is -0.371. The van der Waals surface area contributed by atoms with E-state index in [1.54, 1.807) is 6.07 Å². The molecule has 3 rings (SSSR count). The van der Waals surface area contributed by atoms with Crippen molar-refractivity contribution in [3.8, 4) is 0 Å². The molecule has 1 atom stereocenters. The molecule has 0 amide bonds. The van der Waals surface area contributed by atoms with Crippen LogP contribution in [-0.4, -0.2) is 16.5 Å². The number of hydrogen-bond acceptors (Lipinski definition) is 2. The van der Waals surface area contributed by atoms with E-state index in [9.17, 15) is 10.1 Å². The average molecular weight is 301 g/mol. The number of nitro groups is 1. The van der Waals surface area contributed by atoms with Crippen LogP contribution in [0.2, 0.25) is 5.02 Å². The SMILES string of the molecule is O=[N+]([O-])C[C@H](c1ccccc1Cl)c1c[nH]c2ccccc12. The molecule has 0 aliphatic rings. The molecule has 0 spiro atoms. The summed E-state index contributed by atoms with van der Waals surface area (Å²) in [6, 6.07) is 15.1. The van der Waals surface area contributed by atoms with Gasteiger partial charge in [0.15, 0.2) is 0 Å². The minimum absolute atomic E-state index is 0.189. The highest BCUT2D eigenvalue weighted by Crippen LogP contribution is 2.34. The molecule has 5 heteroatoms. The Bertz CT molecular complexity index is 798. The van der Waals surface area contributed by atoms with Crippen molar-refractivity contribution < 1.29 is 4.92 Å². The zero-order chi connectivity index (χ0) is 14.8. The van der Waals surface area contributed by atoms with Crippen molar-refractivity contribution in [1.29, 1.82) is 0 Å². The number of H-pyrrole nitrogens is 1. The van der Waals surface area contributed by atoms with E-state index in [4.69, 9.17) is 11.6 Å². The van der Waals surface area contributed by atoms with Crippen LogP contribution in [0.3, 0.4) is 0 Å². The summed E-state index contributed by atoms with van der Waals surface area (Å²) >= 11 is 6.24. The second-order valence-electron chi connectivity index (χ2n) is 4.88. The molecular weight excluding hydrogens is 288 g/mol. The van der Waals surface area contributed by atoms with Gasteiger partial charge in [0, 0.05) is 27.0 Å². The largest absolute Gasteiger partial charge is 0.361 e. The van der Waals surface area contributed by atoms with E-state index in [1.165, 1.54) is 0 Å². The fourth-order valence-electron chi connectivity index (χ4n) is 2.65. The summed E-state index contributed by atoms with van der Waals surface area (Å²) in [7, 11) is 0. The van der Waals surface area contributed by atoms with Gasteiger partial charge in [-0.1, -0.05) is 48.0 Å². The number of benzene rings is 2. The van der Waals surface area contributed by atoms with E-state index < -0.39 is 0 Å². The highest BCUT2D eigenvalue weighted by Gasteiger charge is 2.24. The normalized spacial score (nSPS) is 12.4. The van der Waals surface area contributed by atoms with Gasteiger partial charge in [-0.2, -0.15) is 0 Å². The molecule has 3 aromatic rings. The molecule has 4 nitrogen and oxygen atoms in total. The van der Waals surface area contributed by atoms with Crippen LogP contribution in [0.5, 0.6) is 0 Å². The predicted octanol–water partition coefficient (Wildman–Crippen LogP) is 4.23. The highest BCUT2D eigenvalue weighted by molar-refractivity contribution is 6.31. The summed E-state index contributed by atoms with van der Waals surface area (Å²) in [4.78, 5) is 13.9. The molecular formula is C16H13ClN2O2. The van der Waals surface area contributed by atoms with Crippen LogP contribution >= 0.6 is 11.6 Å². The maximum atomic E-state index is 11.1.